The minimum absolute atomic E-state index is 0.0714. The fourth-order valence-corrected chi connectivity index (χ4v) is 12.1. The van der Waals surface area contributed by atoms with Gasteiger partial charge in [0.25, 0.3) is 0 Å². The van der Waals surface area contributed by atoms with Gasteiger partial charge >= 0.3 is 0 Å². The lowest BCUT2D eigenvalue weighted by Gasteiger charge is -2.33. The van der Waals surface area contributed by atoms with Crippen molar-refractivity contribution in [2.24, 2.45) is 0 Å². The zero-order valence-electron chi connectivity index (χ0n) is 40.0. The maximum Gasteiger partial charge on any atom is 0.0715 e. The SMILES string of the molecule is CCCCC1(CCCC)c2ccccc2-c2ccc(-c3ccc(-c4cc(-c5ccc(Br)cc5)cc(-c5ccc(-c6ccc7c(c6)C(CCCC)(CCCC)c6ccccc6-7)cc5)n4)cc3)cc21. The van der Waals surface area contributed by atoms with E-state index < -0.39 is 0 Å². The van der Waals surface area contributed by atoms with Crippen molar-refractivity contribution in [3.8, 4) is 78.1 Å². The molecule has 10 rings (SSSR count). The van der Waals surface area contributed by atoms with E-state index in [0.717, 1.165) is 32.6 Å². The Hall–Kier alpha value is -5.83. The van der Waals surface area contributed by atoms with E-state index in [1.807, 2.05) is 0 Å². The minimum Gasteiger partial charge on any atom is -0.248 e. The zero-order chi connectivity index (χ0) is 46.0. The Morgan fingerprint density at radius 1 is 0.328 bits per heavy atom. The van der Waals surface area contributed by atoms with Crippen LogP contribution < -0.4 is 0 Å². The summed E-state index contributed by atoms with van der Waals surface area (Å²) in [5.74, 6) is 0. The van der Waals surface area contributed by atoms with Crippen LogP contribution in [0.1, 0.15) is 127 Å². The quantitative estimate of drug-likeness (QED) is 0.0886. The van der Waals surface area contributed by atoms with E-state index in [9.17, 15) is 0 Å². The van der Waals surface area contributed by atoms with Crippen molar-refractivity contribution >= 4 is 15.9 Å². The summed E-state index contributed by atoms with van der Waals surface area (Å²) in [7, 11) is 0. The summed E-state index contributed by atoms with van der Waals surface area (Å²) in [6.45, 7) is 9.32. The number of aromatic nitrogens is 1. The largest absolute Gasteiger partial charge is 0.248 e. The molecule has 1 nitrogen and oxygen atoms in total. The molecule has 2 aliphatic rings. The van der Waals surface area contributed by atoms with E-state index in [-0.39, 0.29) is 10.8 Å². The van der Waals surface area contributed by atoms with Gasteiger partial charge in [-0.1, -0.05) is 228 Å². The molecule has 0 saturated heterocycles. The second-order valence-corrected chi connectivity index (χ2v) is 20.4. The molecule has 0 amide bonds. The van der Waals surface area contributed by atoms with Gasteiger partial charge in [0.2, 0.25) is 0 Å². The molecule has 0 aliphatic heterocycles. The van der Waals surface area contributed by atoms with Crippen LogP contribution in [0.25, 0.3) is 78.1 Å². The number of unbranched alkanes of at least 4 members (excludes halogenated alkanes) is 4. The summed E-state index contributed by atoms with van der Waals surface area (Å²) in [6.07, 6.45) is 14.6. The molecule has 1 heterocycles. The Morgan fingerprint density at radius 2 is 0.657 bits per heavy atom. The molecule has 2 heteroatoms. The fraction of sp³-hybridized carbons (Fsp3) is 0.277. The molecular weight excluding hydrogens is 875 g/mol. The third kappa shape index (κ3) is 8.35. The van der Waals surface area contributed by atoms with E-state index in [1.165, 1.54) is 149 Å². The minimum atomic E-state index is 0.0714. The summed E-state index contributed by atoms with van der Waals surface area (Å²) in [4.78, 5) is 5.41. The summed E-state index contributed by atoms with van der Waals surface area (Å²) < 4.78 is 1.07. The third-order valence-electron chi connectivity index (χ3n) is 15.4. The highest BCUT2D eigenvalue weighted by atomic mass is 79.9. The molecule has 0 atom stereocenters. The topological polar surface area (TPSA) is 12.9 Å². The number of hydrogen-bond donors (Lipinski definition) is 0. The maximum absolute atomic E-state index is 5.41. The number of benzene rings is 7. The maximum atomic E-state index is 5.41. The predicted molar refractivity (Wildman–Crippen MR) is 290 cm³/mol. The van der Waals surface area contributed by atoms with Crippen LogP contribution in [0.2, 0.25) is 0 Å². The molecule has 336 valence electrons. The molecule has 0 radical (unpaired) electrons. The number of nitrogens with zero attached hydrogens (tertiary/aromatic N) is 1. The lowest BCUT2D eigenvalue weighted by atomic mass is 9.70. The number of rotatable bonds is 17. The van der Waals surface area contributed by atoms with Gasteiger partial charge < -0.3 is 0 Å². The highest BCUT2D eigenvalue weighted by Crippen LogP contribution is 2.56. The second kappa shape index (κ2) is 19.4. The molecule has 0 unspecified atom stereocenters. The monoisotopic (exact) mass is 937 g/mol. The Kier molecular flexibility index (Phi) is 13.0. The van der Waals surface area contributed by atoms with Crippen molar-refractivity contribution < 1.29 is 0 Å². The van der Waals surface area contributed by atoms with Crippen molar-refractivity contribution in [3.05, 3.63) is 197 Å². The first-order chi connectivity index (χ1) is 32.9. The van der Waals surface area contributed by atoms with Gasteiger partial charge in [-0.3, -0.25) is 0 Å². The highest BCUT2D eigenvalue weighted by Gasteiger charge is 2.43. The molecule has 0 saturated carbocycles. The Balaban J connectivity index is 0.990. The zero-order valence-corrected chi connectivity index (χ0v) is 41.6. The van der Waals surface area contributed by atoms with Gasteiger partial charge in [-0.05, 0) is 140 Å². The fourth-order valence-electron chi connectivity index (χ4n) is 11.8. The molecule has 7 aromatic carbocycles. The van der Waals surface area contributed by atoms with Crippen LogP contribution in [0, 0.1) is 0 Å². The molecule has 2 aliphatic carbocycles. The van der Waals surface area contributed by atoms with Crippen LogP contribution in [-0.2, 0) is 10.8 Å². The van der Waals surface area contributed by atoms with Crippen LogP contribution in [0.15, 0.2) is 174 Å². The first-order valence-electron chi connectivity index (χ1n) is 25.4. The van der Waals surface area contributed by atoms with Crippen LogP contribution in [-0.4, -0.2) is 4.98 Å². The Morgan fingerprint density at radius 3 is 1.06 bits per heavy atom. The van der Waals surface area contributed by atoms with Crippen molar-refractivity contribution in [1.29, 1.82) is 0 Å². The summed E-state index contributed by atoms with van der Waals surface area (Å²) in [6, 6.07) is 64.4. The highest BCUT2D eigenvalue weighted by molar-refractivity contribution is 9.10. The van der Waals surface area contributed by atoms with Crippen molar-refractivity contribution in [1.82, 2.24) is 4.98 Å². The van der Waals surface area contributed by atoms with E-state index in [1.54, 1.807) is 0 Å². The van der Waals surface area contributed by atoms with Crippen molar-refractivity contribution in [2.45, 2.75) is 116 Å². The average molecular weight is 939 g/mol. The molecule has 67 heavy (non-hydrogen) atoms. The third-order valence-corrected chi connectivity index (χ3v) is 15.9. The van der Waals surface area contributed by atoms with Gasteiger partial charge in [-0.25, -0.2) is 4.98 Å². The smallest absolute Gasteiger partial charge is 0.0715 e. The Bertz CT molecular complexity index is 2810. The van der Waals surface area contributed by atoms with Crippen molar-refractivity contribution in [3.63, 3.8) is 0 Å². The molecular formula is C65H64BrN. The van der Waals surface area contributed by atoms with Gasteiger partial charge in [0.1, 0.15) is 0 Å². The molecule has 1 aromatic heterocycles. The van der Waals surface area contributed by atoms with E-state index >= 15 is 0 Å². The molecule has 0 bridgehead atoms. The van der Waals surface area contributed by atoms with Gasteiger partial charge in [0, 0.05) is 26.4 Å². The molecule has 0 N–H and O–H groups in total. The summed E-state index contributed by atoms with van der Waals surface area (Å²) >= 11 is 3.66. The second-order valence-electron chi connectivity index (χ2n) is 19.5. The summed E-state index contributed by atoms with van der Waals surface area (Å²) in [5.41, 5.74) is 23.5. The van der Waals surface area contributed by atoms with Crippen LogP contribution in [0.4, 0.5) is 0 Å². The van der Waals surface area contributed by atoms with Crippen LogP contribution in [0.5, 0.6) is 0 Å². The lowest BCUT2D eigenvalue weighted by molar-refractivity contribution is 0.414. The number of pyridine rings is 1. The number of hydrogen-bond acceptors (Lipinski definition) is 1. The first kappa shape index (κ1) is 45.0. The van der Waals surface area contributed by atoms with Gasteiger partial charge in [0.15, 0.2) is 0 Å². The molecule has 0 fully saturated rings. The summed E-state index contributed by atoms with van der Waals surface area (Å²) in [5, 5.41) is 0. The van der Waals surface area contributed by atoms with Crippen LogP contribution in [0.3, 0.4) is 0 Å². The number of halogens is 1. The van der Waals surface area contributed by atoms with E-state index in [2.05, 4.69) is 213 Å². The standard InChI is InChI=1S/C65H64BrN/c1-5-9-37-64(38-10-6-2)58-19-15-13-17-54(58)56-35-31-50(41-60(56)64)45-21-25-48(26-22-45)62-43-52(47-29-33-53(66)34-30-47)44-63(67-62)49-27-23-46(24-28-49)51-32-36-57-55-18-14-16-20-59(55)65(39-11-7-3,40-12-8-4)61(57)42-51/h13-36,41-44H,5-12,37-40H2,1-4H3. The predicted octanol–water partition coefficient (Wildman–Crippen LogP) is 19.5. The first-order valence-corrected chi connectivity index (χ1v) is 26.2. The Labute approximate surface area is 408 Å². The lowest BCUT2D eigenvalue weighted by Crippen LogP contribution is -2.25. The van der Waals surface area contributed by atoms with E-state index in [4.69, 9.17) is 4.98 Å². The van der Waals surface area contributed by atoms with Crippen molar-refractivity contribution in [2.75, 3.05) is 0 Å². The van der Waals surface area contributed by atoms with E-state index in [0.29, 0.717) is 0 Å². The average Bonchev–Trinajstić information content (AvgIpc) is 3.82. The van der Waals surface area contributed by atoms with Gasteiger partial charge in [-0.15, -0.1) is 0 Å². The molecule has 0 spiro atoms. The normalized spacial score (nSPS) is 13.8. The number of fused-ring (bicyclic) bond motifs is 6. The molecule has 8 aromatic rings. The van der Waals surface area contributed by atoms with Crippen LogP contribution >= 0.6 is 15.9 Å². The van der Waals surface area contributed by atoms with Gasteiger partial charge in [0.05, 0.1) is 11.4 Å². The van der Waals surface area contributed by atoms with Gasteiger partial charge in [-0.2, -0.15) is 0 Å².